The van der Waals surface area contributed by atoms with Crippen molar-refractivity contribution in [3.63, 3.8) is 0 Å². The molecule has 0 bridgehead atoms. The zero-order valence-electron chi connectivity index (χ0n) is 17.9. The highest BCUT2D eigenvalue weighted by Crippen LogP contribution is 2.32. The molecule has 1 atom stereocenters. The molecule has 2 N–H and O–H groups in total. The molecule has 1 aromatic heterocycles. The Kier molecular flexibility index (Phi) is 6.26. The van der Waals surface area contributed by atoms with Crippen molar-refractivity contribution >= 4 is 34.2 Å². The first kappa shape index (κ1) is 21.9. The second-order valence-electron chi connectivity index (χ2n) is 7.16. The molecule has 2 amide bonds. The largest absolute Gasteiger partial charge is 0.497 e. The fourth-order valence-electron chi connectivity index (χ4n) is 3.20. The van der Waals surface area contributed by atoms with Crippen molar-refractivity contribution in [3.05, 3.63) is 84.4 Å². The molecule has 168 valence electrons. The Labute approximate surface area is 189 Å². The van der Waals surface area contributed by atoms with Gasteiger partial charge < -0.3 is 24.5 Å². The number of ether oxygens (including phenoxy) is 2. The van der Waals surface area contributed by atoms with Gasteiger partial charge in [0.2, 0.25) is 5.76 Å². The maximum absolute atomic E-state index is 13.9. The zero-order valence-corrected chi connectivity index (χ0v) is 17.9. The number of nitrogens with one attached hydrogen (secondary N) is 2. The second-order valence-corrected chi connectivity index (χ2v) is 7.16. The van der Waals surface area contributed by atoms with Gasteiger partial charge in [0, 0.05) is 11.1 Å². The third-order valence-electron chi connectivity index (χ3n) is 4.91. The molecular formula is C25H21FN2O5. The molecule has 7 nitrogen and oxygen atoms in total. The molecule has 8 heteroatoms. The number of para-hydroxylation sites is 2. The highest BCUT2D eigenvalue weighted by Gasteiger charge is 2.25. The fraction of sp³-hybridized carbons (Fsp3) is 0.120. The molecule has 0 aliphatic carbocycles. The molecule has 0 spiro atoms. The molecule has 4 aromatic rings. The third kappa shape index (κ3) is 4.79. The lowest BCUT2D eigenvalue weighted by molar-refractivity contribution is -0.122. The summed E-state index contributed by atoms with van der Waals surface area (Å²) < 4.78 is 30.2. The van der Waals surface area contributed by atoms with E-state index in [9.17, 15) is 14.0 Å². The first-order valence-electron chi connectivity index (χ1n) is 10.1. The van der Waals surface area contributed by atoms with Crippen LogP contribution in [0.2, 0.25) is 0 Å². The normalized spacial score (nSPS) is 11.6. The first-order chi connectivity index (χ1) is 16.0. The SMILES string of the molecule is COc1ccc(NC(=O)c2oc3ccccc3c2NC(=O)[C@@H](C)Oc2ccccc2F)cc1. The molecule has 0 saturated carbocycles. The summed E-state index contributed by atoms with van der Waals surface area (Å²) in [4.78, 5) is 25.8. The van der Waals surface area contributed by atoms with Crippen LogP contribution in [0.4, 0.5) is 15.8 Å². The monoisotopic (exact) mass is 448 g/mol. The minimum absolute atomic E-state index is 0.0466. The highest BCUT2D eigenvalue weighted by molar-refractivity contribution is 6.15. The number of amides is 2. The second kappa shape index (κ2) is 9.44. The zero-order chi connectivity index (χ0) is 23.4. The van der Waals surface area contributed by atoms with E-state index in [-0.39, 0.29) is 17.2 Å². The van der Waals surface area contributed by atoms with E-state index in [0.29, 0.717) is 22.4 Å². The summed E-state index contributed by atoms with van der Waals surface area (Å²) in [5, 5.41) is 5.98. The van der Waals surface area contributed by atoms with Gasteiger partial charge in [-0.2, -0.15) is 0 Å². The lowest BCUT2D eigenvalue weighted by Gasteiger charge is -2.15. The van der Waals surface area contributed by atoms with E-state index >= 15 is 0 Å². The molecule has 0 radical (unpaired) electrons. The molecule has 0 unspecified atom stereocenters. The van der Waals surface area contributed by atoms with Crippen LogP contribution in [0.25, 0.3) is 11.0 Å². The van der Waals surface area contributed by atoms with Gasteiger partial charge in [-0.05, 0) is 55.5 Å². The van der Waals surface area contributed by atoms with E-state index in [4.69, 9.17) is 13.9 Å². The summed E-state index contributed by atoms with van der Waals surface area (Å²) >= 11 is 0. The topological polar surface area (TPSA) is 89.8 Å². The lowest BCUT2D eigenvalue weighted by Crippen LogP contribution is -2.31. The molecule has 33 heavy (non-hydrogen) atoms. The van der Waals surface area contributed by atoms with Crippen LogP contribution < -0.4 is 20.1 Å². The van der Waals surface area contributed by atoms with Gasteiger partial charge in [0.1, 0.15) is 17.0 Å². The van der Waals surface area contributed by atoms with Crippen LogP contribution in [0.5, 0.6) is 11.5 Å². The van der Waals surface area contributed by atoms with Gasteiger partial charge in [-0.3, -0.25) is 9.59 Å². The van der Waals surface area contributed by atoms with Gasteiger partial charge in [-0.25, -0.2) is 4.39 Å². The predicted octanol–water partition coefficient (Wildman–Crippen LogP) is 5.24. The Hall–Kier alpha value is -4.33. The maximum atomic E-state index is 13.9. The number of hydrogen-bond donors (Lipinski definition) is 2. The Morgan fingerprint density at radius 2 is 1.64 bits per heavy atom. The average molecular weight is 448 g/mol. The number of fused-ring (bicyclic) bond motifs is 1. The van der Waals surface area contributed by atoms with Crippen molar-refractivity contribution in [2.75, 3.05) is 17.7 Å². The van der Waals surface area contributed by atoms with E-state index in [0.717, 1.165) is 0 Å². The van der Waals surface area contributed by atoms with Gasteiger partial charge >= 0.3 is 0 Å². The smallest absolute Gasteiger partial charge is 0.293 e. The summed E-state index contributed by atoms with van der Waals surface area (Å²) in [6.45, 7) is 1.49. The molecule has 1 heterocycles. The lowest BCUT2D eigenvalue weighted by atomic mass is 10.2. The quantitative estimate of drug-likeness (QED) is 0.404. The molecule has 0 aliphatic heterocycles. The van der Waals surface area contributed by atoms with E-state index in [1.54, 1.807) is 61.7 Å². The van der Waals surface area contributed by atoms with Crippen molar-refractivity contribution < 1.29 is 27.9 Å². The van der Waals surface area contributed by atoms with E-state index in [1.165, 1.54) is 25.1 Å². The third-order valence-corrected chi connectivity index (χ3v) is 4.91. The maximum Gasteiger partial charge on any atom is 0.293 e. The fourth-order valence-corrected chi connectivity index (χ4v) is 3.20. The number of carbonyl (C=O) groups is 2. The number of hydrogen-bond acceptors (Lipinski definition) is 5. The summed E-state index contributed by atoms with van der Waals surface area (Å²) in [5.74, 6) is -1.16. The molecule has 4 rings (SSSR count). The van der Waals surface area contributed by atoms with Gasteiger partial charge in [0.15, 0.2) is 17.7 Å². The van der Waals surface area contributed by atoms with Crippen molar-refractivity contribution in [1.82, 2.24) is 0 Å². The van der Waals surface area contributed by atoms with E-state index in [2.05, 4.69) is 10.6 Å². The van der Waals surface area contributed by atoms with Crippen LogP contribution in [0.15, 0.2) is 77.2 Å². The van der Waals surface area contributed by atoms with Crippen molar-refractivity contribution in [2.45, 2.75) is 13.0 Å². The van der Waals surface area contributed by atoms with E-state index < -0.39 is 23.7 Å². The van der Waals surface area contributed by atoms with Crippen molar-refractivity contribution in [3.8, 4) is 11.5 Å². The molecule has 0 saturated heterocycles. The standard InChI is InChI=1S/C25H21FN2O5/c1-15(32-21-10-6-4-8-19(21)26)24(29)28-22-18-7-3-5-9-20(18)33-23(22)25(30)27-16-11-13-17(31-2)14-12-16/h3-15H,1-2H3,(H,27,30)(H,28,29)/t15-/m1/s1. The number of halogens is 1. The van der Waals surface area contributed by atoms with Crippen LogP contribution in [-0.2, 0) is 4.79 Å². The Morgan fingerprint density at radius 1 is 0.939 bits per heavy atom. The number of benzene rings is 3. The van der Waals surface area contributed by atoms with Crippen LogP contribution in [-0.4, -0.2) is 25.0 Å². The first-order valence-corrected chi connectivity index (χ1v) is 10.1. The number of carbonyl (C=O) groups excluding carboxylic acids is 2. The number of anilines is 2. The Bertz CT molecular complexity index is 1300. The van der Waals surface area contributed by atoms with Gasteiger partial charge in [0.25, 0.3) is 11.8 Å². The Balaban J connectivity index is 1.58. The van der Waals surface area contributed by atoms with Crippen LogP contribution >= 0.6 is 0 Å². The minimum Gasteiger partial charge on any atom is -0.497 e. The molecule has 0 fully saturated rings. The molecule has 3 aromatic carbocycles. The van der Waals surface area contributed by atoms with E-state index in [1.807, 2.05) is 0 Å². The number of methoxy groups -OCH3 is 1. The van der Waals surface area contributed by atoms with Crippen LogP contribution in [0.3, 0.4) is 0 Å². The Morgan fingerprint density at radius 3 is 2.36 bits per heavy atom. The average Bonchev–Trinajstić information content (AvgIpc) is 3.19. The predicted molar refractivity (Wildman–Crippen MR) is 122 cm³/mol. The minimum atomic E-state index is -1.03. The van der Waals surface area contributed by atoms with Crippen LogP contribution in [0, 0.1) is 5.82 Å². The number of furan rings is 1. The van der Waals surface area contributed by atoms with Gasteiger partial charge in [-0.1, -0.05) is 24.3 Å². The summed E-state index contributed by atoms with van der Waals surface area (Å²) in [7, 11) is 1.55. The van der Waals surface area contributed by atoms with Gasteiger partial charge in [-0.15, -0.1) is 0 Å². The molecule has 0 aliphatic rings. The van der Waals surface area contributed by atoms with Gasteiger partial charge in [0.05, 0.1) is 7.11 Å². The van der Waals surface area contributed by atoms with Crippen LogP contribution in [0.1, 0.15) is 17.5 Å². The van der Waals surface area contributed by atoms with Crippen molar-refractivity contribution in [2.24, 2.45) is 0 Å². The molecular weight excluding hydrogens is 427 g/mol. The number of rotatable bonds is 7. The summed E-state index contributed by atoms with van der Waals surface area (Å²) in [5.41, 5.74) is 1.15. The van der Waals surface area contributed by atoms with Crippen molar-refractivity contribution in [1.29, 1.82) is 0 Å². The summed E-state index contributed by atoms with van der Waals surface area (Å²) in [6.07, 6.45) is -1.03. The highest BCUT2D eigenvalue weighted by atomic mass is 19.1. The summed E-state index contributed by atoms with van der Waals surface area (Å²) in [6, 6.07) is 19.5.